The molecule has 0 atom stereocenters. The zero-order valence-electron chi connectivity index (χ0n) is 12.3. The van der Waals surface area contributed by atoms with Crippen LogP contribution in [0.5, 0.6) is 0 Å². The third kappa shape index (κ3) is 2.08. The number of hydrogen-bond donors (Lipinski definition) is 0. The minimum Gasteiger partial charge on any atom is -0.293 e. The van der Waals surface area contributed by atoms with E-state index in [1.54, 1.807) is 4.90 Å². The highest BCUT2D eigenvalue weighted by molar-refractivity contribution is 6.19. The second-order valence-electron chi connectivity index (χ2n) is 5.54. The first-order valence-electron chi connectivity index (χ1n) is 7.61. The van der Waals surface area contributed by atoms with Crippen molar-refractivity contribution in [3.05, 3.63) is 65.7 Å². The number of carbonyl (C=O) groups excluding carboxylic acids is 1. The molecule has 2 aliphatic rings. The van der Waals surface area contributed by atoms with Crippen LogP contribution in [-0.2, 0) is 6.42 Å². The van der Waals surface area contributed by atoms with Gasteiger partial charge in [0.15, 0.2) is 0 Å². The van der Waals surface area contributed by atoms with E-state index in [1.807, 2.05) is 41.3 Å². The number of amides is 2. The lowest BCUT2D eigenvalue weighted by Crippen LogP contribution is -2.50. The Labute approximate surface area is 129 Å². The van der Waals surface area contributed by atoms with Crippen LogP contribution >= 0.6 is 0 Å². The molecule has 0 radical (unpaired) electrons. The van der Waals surface area contributed by atoms with Crippen LogP contribution in [0.2, 0.25) is 0 Å². The van der Waals surface area contributed by atoms with Crippen LogP contribution in [0.15, 0.2) is 59.6 Å². The fraction of sp³-hybridized carbons (Fsp3) is 0.222. The lowest BCUT2D eigenvalue weighted by Gasteiger charge is -2.35. The molecule has 0 N–H and O–H groups in total. The van der Waals surface area contributed by atoms with Gasteiger partial charge in [-0.2, -0.15) is 0 Å². The van der Waals surface area contributed by atoms with E-state index >= 15 is 0 Å². The van der Waals surface area contributed by atoms with Gasteiger partial charge >= 0.3 is 6.03 Å². The van der Waals surface area contributed by atoms with Gasteiger partial charge in [0, 0.05) is 18.7 Å². The molecule has 0 saturated heterocycles. The van der Waals surface area contributed by atoms with E-state index < -0.39 is 0 Å². The number of anilines is 1. The number of amidine groups is 1. The van der Waals surface area contributed by atoms with Gasteiger partial charge in [0.05, 0.1) is 12.2 Å². The molecule has 2 amide bonds. The molecule has 4 rings (SSSR count). The number of benzene rings is 2. The Morgan fingerprint density at radius 3 is 2.64 bits per heavy atom. The number of urea groups is 1. The average molecular weight is 291 g/mol. The van der Waals surface area contributed by atoms with Crippen molar-refractivity contribution in [1.29, 1.82) is 0 Å². The van der Waals surface area contributed by atoms with Crippen LogP contribution in [0.25, 0.3) is 0 Å². The summed E-state index contributed by atoms with van der Waals surface area (Å²) in [6.45, 7) is 2.07. The standard InChI is InChI=1S/C18H17N3O/c22-18-20(12-10-14-6-2-1-3-7-14)16-9-5-4-8-15(16)17-19-11-13-21(17)18/h1-9H,10-13H2. The van der Waals surface area contributed by atoms with Crippen LogP contribution in [0.3, 0.4) is 0 Å². The van der Waals surface area contributed by atoms with Crippen molar-refractivity contribution in [2.24, 2.45) is 4.99 Å². The maximum atomic E-state index is 12.8. The topological polar surface area (TPSA) is 35.9 Å². The predicted octanol–water partition coefficient (Wildman–Crippen LogP) is 2.93. The summed E-state index contributed by atoms with van der Waals surface area (Å²) in [5.74, 6) is 0.830. The van der Waals surface area contributed by atoms with E-state index in [4.69, 9.17) is 0 Å². The van der Waals surface area contributed by atoms with Gasteiger partial charge < -0.3 is 0 Å². The van der Waals surface area contributed by atoms with E-state index in [9.17, 15) is 4.79 Å². The first kappa shape index (κ1) is 13.1. The second-order valence-corrected chi connectivity index (χ2v) is 5.54. The zero-order chi connectivity index (χ0) is 14.9. The molecule has 0 aliphatic carbocycles. The number of para-hydroxylation sites is 1. The number of rotatable bonds is 3. The summed E-state index contributed by atoms with van der Waals surface area (Å²) in [6, 6.07) is 18.4. The Morgan fingerprint density at radius 2 is 1.77 bits per heavy atom. The molecular weight excluding hydrogens is 274 g/mol. The lowest BCUT2D eigenvalue weighted by molar-refractivity contribution is 0.229. The molecule has 110 valence electrons. The van der Waals surface area contributed by atoms with Gasteiger partial charge in [-0.3, -0.25) is 14.8 Å². The quantitative estimate of drug-likeness (QED) is 0.856. The Morgan fingerprint density at radius 1 is 1.00 bits per heavy atom. The van der Waals surface area contributed by atoms with E-state index in [-0.39, 0.29) is 6.03 Å². The minimum absolute atomic E-state index is 0.0471. The highest BCUT2D eigenvalue weighted by Gasteiger charge is 2.36. The molecule has 4 nitrogen and oxygen atoms in total. The van der Waals surface area contributed by atoms with Crippen molar-refractivity contribution < 1.29 is 4.79 Å². The average Bonchev–Trinajstić information content (AvgIpc) is 3.06. The Kier molecular flexibility index (Phi) is 3.15. The third-order valence-corrected chi connectivity index (χ3v) is 4.21. The summed E-state index contributed by atoms with van der Waals surface area (Å²) < 4.78 is 0. The van der Waals surface area contributed by atoms with Crippen LogP contribution < -0.4 is 4.90 Å². The normalized spacial score (nSPS) is 16.4. The first-order chi connectivity index (χ1) is 10.8. The zero-order valence-corrected chi connectivity index (χ0v) is 12.3. The third-order valence-electron chi connectivity index (χ3n) is 4.21. The molecule has 22 heavy (non-hydrogen) atoms. The summed E-state index contributed by atoms with van der Waals surface area (Å²) >= 11 is 0. The van der Waals surface area contributed by atoms with E-state index in [1.165, 1.54) is 5.56 Å². The van der Waals surface area contributed by atoms with Gasteiger partial charge in [-0.15, -0.1) is 0 Å². The number of carbonyl (C=O) groups is 1. The second kappa shape index (κ2) is 5.30. The maximum Gasteiger partial charge on any atom is 0.330 e. The molecule has 0 fully saturated rings. The highest BCUT2D eigenvalue weighted by Crippen LogP contribution is 2.30. The fourth-order valence-corrected chi connectivity index (χ4v) is 3.11. The van der Waals surface area contributed by atoms with Crippen molar-refractivity contribution in [2.45, 2.75) is 6.42 Å². The van der Waals surface area contributed by atoms with Crippen LogP contribution in [0.1, 0.15) is 11.1 Å². The van der Waals surface area contributed by atoms with E-state index in [2.05, 4.69) is 23.2 Å². The first-order valence-corrected chi connectivity index (χ1v) is 7.61. The molecule has 0 spiro atoms. The highest BCUT2D eigenvalue weighted by atomic mass is 16.2. The smallest absolute Gasteiger partial charge is 0.293 e. The molecule has 2 aromatic rings. The summed E-state index contributed by atoms with van der Waals surface area (Å²) in [6.07, 6.45) is 0.848. The molecule has 0 unspecified atom stereocenters. The number of nitrogens with zero attached hydrogens (tertiary/aromatic N) is 3. The summed E-state index contributed by atoms with van der Waals surface area (Å²) in [5.41, 5.74) is 3.28. The summed E-state index contributed by atoms with van der Waals surface area (Å²) in [7, 11) is 0. The Hall–Kier alpha value is -2.62. The molecule has 4 heteroatoms. The van der Waals surface area contributed by atoms with Gasteiger partial charge in [0.25, 0.3) is 0 Å². The Bertz CT molecular complexity index is 739. The van der Waals surface area contributed by atoms with Crippen LogP contribution in [0.4, 0.5) is 10.5 Å². The van der Waals surface area contributed by atoms with E-state index in [0.717, 1.165) is 23.5 Å². The van der Waals surface area contributed by atoms with Gasteiger partial charge in [0.2, 0.25) is 0 Å². The molecule has 0 aromatic heterocycles. The minimum atomic E-state index is 0.0471. The predicted molar refractivity (Wildman–Crippen MR) is 87.4 cm³/mol. The lowest BCUT2D eigenvalue weighted by atomic mass is 10.1. The molecule has 0 bridgehead atoms. The van der Waals surface area contributed by atoms with Crippen molar-refractivity contribution in [3.8, 4) is 0 Å². The number of aliphatic imine (C=N–C) groups is 1. The molecule has 2 aliphatic heterocycles. The Balaban J connectivity index is 1.66. The van der Waals surface area contributed by atoms with Gasteiger partial charge in [0.1, 0.15) is 5.84 Å². The number of hydrogen-bond acceptors (Lipinski definition) is 2. The summed E-state index contributed by atoms with van der Waals surface area (Å²) in [5, 5.41) is 0. The van der Waals surface area contributed by atoms with Gasteiger partial charge in [-0.1, -0.05) is 42.5 Å². The van der Waals surface area contributed by atoms with Crippen molar-refractivity contribution >= 4 is 17.6 Å². The van der Waals surface area contributed by atoms with Crippen molar-refractivity contribution in [2.75, 3.05) is 24.5 Å². The van der Waals surface area contributed by atoms with Crippen LogP contribution in [-0.4, -0.2) is 36.4 Å². The summed E-state index contributed by atoms with van der Waals surface area (Å²) in [4.78, 5) is 20.9. The monoisotopic (exact) mass is 291 g/mol. The molecule has 2 aromatic carbocycles. The fourth-order valence-electron chi connectivity index (χ4n) is 3.11. The van der Waals surface area contributed by atoms with Gasteiger partial charge in [-0.25, -0.2) is 4.79 Å². The molecule has 0 saturated carbocycles. The van der Waals surface area contributed by atoms with Crippen LogP contribution in [0, 0.1) is 0 Å². The van der Waals surface area contributed by atoms with Gasteiger partial charge in [-0.05, 0) is 24.1 Å². The maximum absolute atomic E-state index is 12.8. The number of fused-ring (bicyclic) bond motifs is 3. The van der Waals surface area contributed by atoms with E-state index in [0.29, 0.717) is 19.6 Å². The van der Waals surface area contributed by atoms with Crippen molar-refractivity contribution in [3.63, 3.8) is 0 Å². The molecule has 2 heterocycles. The van der Waals surface area contributed by atoms with Crippen molar-refractivity contribution in [1.82, 2.24) is 4.90 Å². The SMILES string of the molecule is O=C1N2CCN=C2c2ccccc2N1CCc1ccccc1. The largest absolute Gasteiger partial charge is 0.330 e. The molecular formula is C18H17N3O.